The average molecular weight is 259 g/mol. The maximum atomic E-state index is 12.3. The molecule has 100 valence electrons. The predicted molar refractivity (Wildman–Crippen MR) is 74.4 cm³/mol. The van der Waals surface area contributed by atoms with Gasteiger partial charge < -0.3 is 9.30 Å². The smallest absolute Gasteiger partial charge is 0.337 e. The van der Waals surface area contributed by atoms with Gasteiger partial charge in [-0.1, -0.05) is 13.8 Å². The number of fused-ring (bicyclic) bond motifs is 1. The molecule has 0 saturated heterocycles. The quantitative estimate of drug-likeness (QED) is 0.795. The van der Waals surface area contributed by atoms with Gasteiger partial charge in [0.15, 0.2) is 0 Å². The van der Waals surface area contributed by atoms with Crippen LogP contribution in [0.2, 0.25) is 0 Å². The molecule has 0 spiro atoms. The third-order valence-electron chi connectivity index (χ3n) is 2.96. The Morgan fingerprint density at radius 2 is 2.05 bits per heavy atom. The number of carbonyl (C=O) groups is 1. The fraction of sp³-hybridized carbons (Fsp3) is 0.333. The van der Waals surface area contributed by atoms with Gasteiger partial charge in [-0.3, -0.25) is 4.79 Å². The standard InChI is InChI=1S/C15H17NO3/c1-10(2)9-16-7-6-11-8-12(15(18)19-3)4-5-13(11)14(16)17/h4-8,10H,9H2,1-3H3. The summed E-state index contributed by atoms with van der Waals surface area (Å²) in [7, 11) is 1.34. The zero-order valence-corrected chi connectivity index (χ0v) is 11.3. The lowest BCUT2D eigenvalue weighted by Crippen LogP contribution is -2.21. The number of pyridine rings is 1. The minimum atomic E-state index is -0.395. The van der Waals surface area contributed by atoms with Crippen LogP contribution in [0, 0.1) is 5.92 Å². The van der Waals surface area contributed by atoms with Gasteiger partial charge in [0.25, 0.3) is 5.56 Å². The number of nitrogens with zero attached hydrogens (tertiary/aromatic N) is 1. The van der Waals surface area contributed by atoms with E-state index in [9.17, 15) is 9.59 Å². The van der Waals surface area contributed by atoms with Gasteiger partial charge in [0.05, 0.1) is 12.7 Å². The second kappa shape index (κ2) is 5.26. The van der Waals surface area contributed by atoms with E-state index in [0.717, 1.165) is 5.39 Å². The molecule has 0 aliphatic heterocycles. The van der Waals surface area contributed by atoms with E-state index in [4.69, 9.17) is 0 Å². The first-order valence-corrected chi connectivity index (χ1v) is 6.24. The Morgan fingerprint density at radius 3 is 2.68 bits per heavy atom. The van der Waals surface area contributed by atoms with Crippen LogP contribution < -0.4 is 5.56 Å². The molecule has 4 nitrogen and oxygen atoms in total. The molecule has 2 aromatic rings. The van der Waals surface area contributed by atoms with Crippen LogP contribution in [0.15, 0.2) is 35.3 Å². The monoisotopic (exact) mass is 259 g/mol. The fourth-order valence-electron chi connectivity index (χ4n) is 2.07. The SMILES string of the molecule is COC(=O)c1ccc2c(=O)n(CC(C)C)ccc2c1. The van der Waals surface area contributed by atoms with Crippen molar-refractivity contribution >= 4 is 16.7 Å². The van der Waals surface area contributed by atoms with Gasteiger partial charge in [0.1, 0.15) is 0 Å². The molecular weight excluding hydrogens is 242 g/mol. The fourth-order valence-corrected chi connectivity index (χ4v) is 2.07. The molecule has 0 radical (unpaired) electrons. The van der Waals surface area contributed by atoms with Crippen molar-refractivity contribution in [3.05, 3.63) is 46.4 Å². The van der Waals surface area contributed by atoms with Crippen LogP contribution >= 0.6 is 0 Å². The molecule has 1 heterocycles. The molecule has 0 bridgehead atoms. The third-order valence-corrected chi connectivity index (χ3v) is 2.96. The van der Waals surface area contributed by atoms with Gasteiger partial charge in [-0.2, -0.15) is 0 Å². The number of rotatable bonds is 3. The van der Waals surface area contributed by atoms with E-state index < -0.39 is 5.97 Å². The van der Waals surface area contributed by atoms with E-state index in [0.29, 0.717) is 23.4 Å². The lowest BCUT2D eigenvalue weighted by molar-refractivity contribution is 0.0601. The summed E-state index contributed by atoms with van der Waals surface area (Å²) in [6.07, 6.45) is 1.77. The van der Waals surface area contributed by atoms with Gasteiger partial charge in [0.2, 0.25) is 0 Å². The van der Waals surface area contributed by atoms with Gasteiger partial charge in [-0.25, -0.2) is 4.79 Å². The molecule has 4 heteroatoms. The minimum absolute atomic E-state index is 0.0254. The zero-order chi connectivity index (χ0) is 14.0. The van der Waals surface area contributed by atoms with Crippen molar-refractivity contribution in [3.8, 4) is 0 Å². The molecule has 0 amide bonds. The van der Waals surface area contributed by atoms with E-state index in [1.54, 1.807) is 29.0 Å². The van der Waals surface area contributed by atoms with Crippen molar-refractivity contribution in [3.63, 3.8) is 0 Å². The summed E-state index contributed by atoms with van der Waals surface area (Å²) < 4.78 is 6.37. The number of hydrogen-bond donors (Lipinski definition) is 0. The molecule has 2 rings (SSSR count). The van der Waals surface area contributed by atoms with Crippen molar-refractivity contribution < 1.29 is 9.53 Å². The van der Waals surface area contributed by atoms with Gasteiger partial charge in [0, 0.05) is 18.1 Å². The van der Waals surface area contributed by atoms with Crippen molar-refractivity contribution in [2.45, 2.75) is 20.4 Å². The van der Waals surface area contributed by atoms with Crippen LogP contribution in [0.1, 0.15) is 24.2 Å². The van der Waals surface area contributed by atoms with Crippen molar-refractivity contribution in [2.75, 3.05) is 7.11 Å². The third kappa shape index (κ3) is 2.67. The summed E-state index contributed by atoms with van der Waals surface area (Å²) >= 11 is 0. The summed E-state index contributed by atoms with van der Waals surface area (Å²) in [6.45, 7) is 4.82. The molecule has 1 aromatic heterocycles. The second-order valence-corrected chi connectivity index (χ2v) is 4.96. The molecule has 0 fully saturated rings. The Morgan fingerprint density at radius 1 is 1.32 bits per heavy atom. The van der Waals surface area contributed by atoms with Crippen molar-refractivity contribution in [2.24, 2.45) is 5.92 Å². The van der Waals surface area contributed by atoms with Crippen LogP contribution in [0.25, 0.3) is 10.8 Å². The van der Waals surface area contributed by atoms with Gasteiger partial charge in [-0.05, 0) is 35.6 Å². The van der Waals surface area contributed by atoms with Crippen LogP contribution in [0.5, 0.6) is 0 Å². The molecule has 0 N–H and O–H groups in total. The average Bonchev–Trinajstić information content (AvgIpc) is 2.40. The van der Waals surface area contributed by atoms with Gasteiger partial charge in [-0.15, -0.1) is 0 Å². The Kier molecular flexibility index (Phi) is 3.69. The maximum Gasteiger partial charge on any atom is 0.337 e. The van der Waals surface area contributed by atoms with Crippen LogP contribution in [0.3, 0.4) is 0 Å². The predicted octanol–water partition coefficient (Wildman–Crippen LogP) is 2.44. The minimum Gasteiger partial charge on any atom is -0.465 e. The van der Waals surface area contributed by atoms with E-state index >= 15 is 0 Å². The Labute approximate surface area is 111 Å². The van der Waals surface area contributed by atoms with E-state index in [1.165, 1.54) is 7.11 Å². The summed E-state index contributed by atoms with van der Waals surface area (Å²) in [5.74, 6) is 0.0118. The maximum absolute atomic E-state index is 12.3. The number of aromatic nitrogens is 1. The normalized spacial score (nSPS) is 10.9. The molecule has 0 atom stereocenters. The van der Waals surface area contributed by atoms with E-state index in [2.05, 4.69) is 18.6 Å². The summed E-state index contributed by atoms with van der Waals surface area (Å²) in [5, 5.41) is 1.38. The molecule has 1 aromatic carbocycles. The molecule has 0 aliphatic carbocycles. The van der Waals surface area contributed by atoms with Crippen LogP contribution in [-0.2, 0) is 11.3 Å². The lowest BCUT2D eigenvalue weighted by atomic mass is 10.1. The number of esters is 1. The van der Waals surface area contributed by atoms with Crippen molar-refractivity contribution in [1.82, 2.24) is 4.57 Å². The lowest BCUT2D eigenvalue weighted by Gasteiger charge is -2.10. The van der Waals surface area contributed by atoms with Crippen LogP contribution in [-0.4, -0.2) is 17.6 Å². The summed E-state index contributed by atoms with van der Waals surface area (Å²) in [5.41, 5.74) is 0.429. The zero-order valence-electron chi connectivity index (χ0n) is 11.3. The number of benzene rings is 1. The Hall–Kier alpha value is -2.10. The molecule has 19 heavy (non-hydrogen) atoms. The first-order chi connectivity index (χ1) is 9.02. The molecule has 0 saturated carbocycles. The Balaban J connectivity index is 2.54. The van der Waals surface area contributed by atoms with Crippen LogP contribution in [0.4, 0.5) is 0 Å². The number of methoxy groups -OCH3 is 1. The Bertz CT molecular complexity index is 671. The number of carbonyl (C=O) groups excluding carboxylic acids is 1. The number of hydrogen-bond acceptors (Lipinski definition) is 3. The topological polar surface area (TPSA) is 48.3 Å². The molecule has 0 unspecified atom stereocenters. The van der Waals surface area contributed by atoms with Gasteiger partial charge >= 0.3 is 5.97 Å². The van der Waals surface area contributed by atoms with Crippen molar-refractivity contribution in [1.29, 1.82) is 0 Å². The highest BCUT2D eigenvalue weighted by molar-refractivity contribution is 5.95. The first-order valence-electron chi connectivity index (χ1n) is 6.24. The highest BCUT2D eigenvalue weighted by Gasteiger charge is 2.09. The van der Waals surface area contributed by atoms with E-state index in [1.807, 2.05) is 6.07 Å². The second-order valence-electron chi connectivity index (χ2n) is 4.96. The van der Waals surface area contributed by atoms with E-state index in [-0.39, 0.29) is 5.56 Å². The summed E-state index contributed by atoms with van der Waals surface area (Å²) in [6, 6.07) is 6.84. The first kappa shape index (κ1) is 13.3. The summed E-state index contributed by atoms with van der Waals surface area (Å²) in [4.78, 5) is 23.7. The molecular formula is C15H17NO3. The highest BCUT2D eigenvalue weighted by atomic mass is 16.5. The highest BCUT2D eigenvalue weighted by Crippen LogP contribution is 2.13. The molecule has 0 aliphatic rings. The largest absolute Gasteiger partial charge is 0.465 e. The number of ether oxygens (including phenoxy) is 1.